The van der Waals surface area contributed by atoms with Gasteiger partial charge in [-0.05, 0) is 26.0 Å². The van der Waals surface area contributed by atoms with Gasteiger partial charge < -0.3 is 5.73 Å². The van der Waals surface area contributed by atoms with Gasteiger partial charge in [0.05, 0.1) is 0 Å². The third-order valence-electron chi connectivity index (χ3n) is 0.273. The third-order valence-corrected chi connectivity index (χ3v) is 1.04. The Kier molecular flexibility index (Phi) is 8.36. The first kappa shape index (κ1) is 11.5. The maximum atomic E-state index is 5.15. The van der Waals surface area contributed by atoms with Crippen LogP contribution in [0.5, 0.6) is 0 Å². The molecule has 0 spiro atoms. The van der Waals surface area contributed by atoms with Gasteiger partial charge in [-0.25, -0.2) is 0 Å². The largest absolute Gasteiger partial charge is 0.384 e. The monoisotopic (exact) mass is 194 g/mol. The van der Waals surface area contributed by atoms with Crippen LogP contribution in [0.3, 0.4) is 0 Å². The zero-order valence-corrected chi connectivity index (χ0v) is 7.28. The summed E-state index contributed by atoms with van der Waals surface area (Å²) in [5, 5.41) is 0. The molecule has 0 rings (SSSR count). The average Bonchev–Trinajstić information content (AvgIpc) is 1.27. The number of nitrogens with two attached hydrogens (primary N) is 1. The van der Waals surface area contributed by atoms with Crippen molar-refractivity contribution in [3.63, 3.8) is 0 Å². The Balaban J connectivity index is 0. The van der Waals surface area contributed by atoms with E-state index in [1.165, 1.54) is 11.9 Å². The molecule has 8 heavy (non-hydrogen) atoms. The van der Waals surface area contributed by atoms with Crippen molar-refractivity contribution in [2.24, 2.45) is 5.73 Å². The minimum absolute atomic E-state index is 0. The van der Waals surface area contributed by atoms with Gasteiger partial charge in [0, 0.05) is 16.5 Å². The second-order valence-corrected chi connectivity index (χ2v) is 3.27. The van der Waals surface area contributed by atoms with E-state index in [0.29, 0.717) is 4.32 Å². The van der Waals surface area contributed by atoms with Gasteiger partial charge in [0.15, 0.2) is 0 Å². The van der Waals surface area contributed by atoms with E-state index in [0.717, 1.165) is 0 Å². The summed E-state index contributed by atoms with van der Waals surface area (Å²) in [4.78, 5) is 0. The number of hydrogen-bond donors (Lipinski definition) is 1. The van der Waals surface area contributed by atoms with Crippen molar-refractivity contribution in [3.05, 3.63) is 0 Å². The van der Waals surface area contributed by atoms with Crippen LogP contribution in [0.25, 0.3) is 0 Å². The van der Waals surface area contributed by atoms with Crippen LogP contribution in [0.15, 0.2) is 0 Å². The number of thiocarbonyl (C=S) groups is 1. The van der Waals surface area contributed by atoms with Crippen LogP contribution in [-0.4, -0.2) is 22.7 Å². The third kappa shape index (κ3) is 9.85. The molecule has 5 heteroatoms. The SMILES string of the molecule is CN(C)SC(N)=S.[Ni]. The molecular formula is C3H8N2NiS2. The number of rotatable bonds is 1. The van der Waals surface area contributed by atoms with E-state index in [1.807, 2.05) is 18.4 Å². The van der Waals surface area contributed by atoms with Crippen molar-refractivity contribution in [1.29, 1.82) is 0 Å². The summed E-state index contributed by atoms with van der Waals surface area (Å²) in [6.07, 6.45) is 0. The maximum Gasteiger partial charge on any atom is 0.146 e. The van der Waals surface area contributed by atoms with Crippen LogP contribution >= 0.6 is 24.2 Å². The van der Waals surface area contributed by atoms with Gasteiger partial charge in [0.1, 0.15) is 4.32 Å². The minimum Gasteiger partial charge on any atom is -0.384 e. The number of nitrogens with zero attached hydrogens (tertiary/aromatic N) is 1. The minimum atomic E-state index is 0. The van der Waals surface area contributed by atoms with Crippen LogP contribution in [-0.2, 0) is 16.5 Å². The predicted molar refractivity (Wildman–Crippen MR) is 38.1 cm³/mol. The first-order valence-electron chi connectivity index (χ1n) is 1.77. The van der Waals surface area contributed by atoms with Gasteiger partial charge in [-0.1, -0.05) is 12.2 Å². The summed E-state index contributed by atoms with van der Waals surface area (Å²) in [5.41, 5.74) is 5.15. The molecule has 52 valence electrons. The Hall–Kier alpha value is 0.694. The first-order chi connectivity index (χ1) is 3.13. The molecule has 2 N–H and O–H groups in total. The van der Waals surface area contributed by atoms with Gasteiger partial charge in [-0.2, -0.15) is 0 Å². The van der Waals surface area contributed by atoms with Gasteiger partial charge in [0.2, 0.25) is 0 Å². The molecule has 0 aliphatic rings. The molecule has 0 aliphatic carbocycles. The molecule has 0 saturated heterocycles. The van der Waals surface area contributed by atoms with Crippen LogP contribution in [0, 0.1) is 0 Å². The summed E-state index contributed by atoms with van der Waals surface area (Å²) in [6, 6.07) is 0. The molecule has 0 saturated carbocycles. The van der Waals surface area contributed by atoms with E-state index in [4.69, 9.17) is 5.73 Å². The fourth-order valence-electron chi connectivity index (χ4n) is 0.180. The van der Waals surface area contributed by atoms with E-state index in [-0.39, 0.29) is 16.5 Å². The van der Waals surface area contributed by atoms with Crippen molar-refractivity contribution >= 4 is 28.5 Å². The molecule has 0 heterocycles. The van der Waals surface area contributed by atoms with Crippen LogP contribution < -0.4 is 5.73 Å². The Morgan fingerprint density at radius 2 is 2.00 bits per heavy atom. The fourth-order valence-corrected chi connectivity index (χ4v) is 0.987. The predicted octanol–water partition coefficient (Wildman–Crippen LogP) is 0.437. The smallest absolute Gasteiger partial charge is 0.146 e. The Morgan fingerprint density at radius 3 is 2.00 bits per heavy atom. The molecule has 0 atom stereocenters. The zero-order chi connectivity index (χ0) is 5.86. The van der Waals surface area contributed by atoms with Crippen molar-refractivity contribution in [2.45, 2.75) is 0 Å². The van der Waals surface area contributed by atoms with E-state index in [9.17, 15) is 0 Å². The summed E-state index contributed by atoms with van der Waals surface area (Å²) < 4.78 is 2.31. The van der Waals surface area contributed by atoms with Crippen LogP contribution in [0.2, 0.25) is 0 Å². The molecule has 2 nitrogen and oxygen atoms in total. The molecule has 0 amide bonds. The molecule has 0 aromatic carbocycles. The second kappa shape index (κ2) is 5.82. The maximum absolute atomic E-state index is 5.15. The van der Waals surface area contributed by atoms with Gasteiger partial charge >= 0.3 is 0 Å². The van der Waals surface area contributed by atoms with E-state index < -0.39 is 0 Å². The van der Waals surface area contributed by atoms with E-state index in [1.54, 1.807) is 0 Å². The Bertz CT molecular complexity index is 75.7. The fraction of sp³-hybridized carbons (Fsp3) is 0.667. The first-order valence-corrected chi connectivity index (χ1v) is 2.96. The number of hydrogen-bond acceptors (Lipinski definition) is 3. The van der Waals surface area contributed by atoms with Crippen molar-refractivity contribution in [3.8, 4) is 0 Å². The second-order valence-electron chi connectivity index (χ2n) is 1.22. The molecular weight excluding hydrogens is 187 g/mol. The average molecular weight is 195 g/mol. The molecule has 0 fully saturated rings. The summed E-state index contributed by atoms with van der Waals surface area (Å²) in [6.45, 7) is 0. The van der Waals surface area contributed by atoms with Crippen molar-refractivity contribution in [2.75, 3.05) is 14.1 Å². The van der Waals surface area contributed by atoms with Crippen molar-refractivity contribution in [1.82, 2.24) is 4.31 Å². The van der Waals surface area contributed by atoms with E-state index >= 15 is 0 Å². The Labute approximate surface area is 69.2 Å². The zero-order valence-electron chi connectivity index (χ0n) is 4.66. The topological polar surface area (TPSA) is 29.3 Å². The molecule has 0 aromatic rings. The van der Waals surface area contributed by atoms with Gasteiger partial charge in [-0.3, -0.25) is 4.31 Å². The summed E-state index contributed by atoms with van der Waals surface area (Å²) >= 11 is 5.92. The quantitative estimate of drug-likeness (QED) is 0.373. The van der Waals surface area contributed by atoms with Crippen LogP contribution in [0.4, 0.5) is 0 Å². The van der Waals surface area contributed by atoms with Gasteiger partial charge in [-0.15, -0.1) is 0 Å². The van der Waals surface area contributed by atoms with Crippen molar-refractivity contribution < 1.29 is 16.5 Å². The van der Waals surface area contributed by atoms with Gasteiger partial charge in [0.25, 0.3) is 0 Å². The Morgan fingerprint density at radius 1 is 1.62 bits per heavy atom. The molecule has 0 unspecified atom stereocenters. The van der Waals surface area contributed by atoms with E-state index in [2.05, 4.69) is 12.2 Å². The molecule has 0 aromatic heterocycles. The van der Waals surface area contributed by atoms with Crippen LogP contribution in [0.1, 0.15) is 0 Å². The normalized spacial score (nSPS) is 8.38. The summed E-state index contributed by atoms with van der Waals surface area (Å²) in [5.74, 6) is 0. The standard InChI is InChI=1S/C3H8N2S2.Ni/c1-5(2)7-3(4)6;/h1-2H3,(H2,4,6);. The molecule has 0 radical (unpaired) electrons. The molecule has 0 bridgehead atoms. The summed E-state index contributed by atoms with van der Waals surface area (Å²) in [7, 11) is 3.79. The molecule has 0 aliphatic heterocycles.